The van der Waals surface area contributed by atoms with E-state index in [2.05, 4.69) is 25.7 Å². The third kappa shape index (κ3) is 2.50. The van der Waals surface area contributed by atoms with Crippen LogP contribution in [-0.4, -0.2) is 23.5 Å². The number of hydrogen-bond acceptors (Lipinski definition) is 1. The van der Waals surface area contributed by atoms with Crippen LogP contribution in [0.5, 0.6) is 0 Å². The van der Waals surface area contributed by atoms with Crippen molar-refractivity contribution in [3.8, 4) is 0 Å². The van der Waals surface area contributed by atoms with Gasteiger partial charge in [0.15, 0.2) is 0 Å². The third-order valence-electron chi connectivity index (χ3n) is 3.80. The van der Waals surface area contributed by atoms with Crippen molar-refractivity contribution in [1.29, 1.82) is 0 Å². The quantitative estimate of drug-likeness (QED) is 0.647. The molecular formula is C13H27N. The molecule has 0 aromatic rings. The molecule has 0 aromatic carbocycles. The Kier molecular flexibility index (Phi) is 4.94. The Labute approximate surface area is 89.9 Å². The zero-order valence-electron chi connectivity index (χ0n) is 10.3. The summed E-state index contributed by atoms with van der Waals surface area (Å²) in [6.45, 7) is 9.58. The van der Waals surface area contributed by atoms with E-state index in [-0.39, 0.29) is 0 Å². The van der Waals surface area contributed by atoms with Crippen LogP contribution in [0.2, 0.25) is 0 Å². The van der Waals surface area contributed by atoms with E-state index in [4.69, 9.17) is 0 Å². The molecule has 0 radical (unpaired) electrons. The summed E-state index contributed by atoms with van der Waals surface area (Å²) >= 11 is 0. The van der Waals surface area contributed by atoms with E-state index in [0.717, 1.165) is 0 Å². The zero-order chi connectivity index (χ0) is 10.4. The van der Waals surface area contributed by atoms with Crippen molar-refractivity contribution >= 4 is 0 Å². The fourth-order valence-electron chi connectivity index (χ4n) is 3.27. The lowest BCUT2D eigenvalue weighted by Crippen LogP contribution is -2.51. The van der Waals surface area contributed by atoms with Crippen molar-refractivity contribution in [2.45, 2.75) is 71.3 Å². The second kappa shape index (κ2) is 5.75. The maximum Gasteiger partial charge on any atom is 0.0209 e. The molecule has 0 atom stereocenters. The first-order valence-corrected chi connectivity index (χ1v) is 6.54. The highest BCUT2D eigenvalue weighted by Crippen LogP contribution is 2.35. The highest BCUT2D eigenvalue weighted by atomic mass is 15.2. The van der Waals surface area contributed by atoms with Gasteiger partial charge in [-0.25, -0.2) is 0 Å². The minimum Gasteiger partial charge on any atom is -0.298 e. The van der Waals surface area contributed by atoms with Gasteiger partial charge in [0, 0.05) is 5.54 Å². The van der Waals surface area contributed by atoms with Gasteiger partial charge in [0.25, 0.3) is 0 Å². The Balaban J connectivity index is 2.68. The van der Waals surface area contributed by atoms with Crippen LogP contribution in [0.25, 0.3) is 0 Å². The molecule has 0 aliphatic carbocycles. The predicted molar refractivity (Wildman–Crippen MR) is 63.6 cm³/mol. The lowest BCUT2D eigenvalue weighted by molar-refractivity contribution is 0.0346. The molecule has 1 aliphatic heterocycles. The third-order valence-corrected chi connectivity index (χ3v) is 3.80. The summed E-state index contributed by atoms with van der Waals surface area (Å²) in [6, 6.07) is 0. The fourth-order valence-corrected chi connectivity index (χ4v) is 3.27. The summed E-state index contributed by atoms with van der Waals surface area (Å²) in [5.41, 5.74) is 0.580. The lowest BCUT2D eigenvalue weighted by Gasteiger charge is -2.47. The van der Waals surface area contributed by atoms with Gasteiger partial charge in [-0.3, -0.25) is 4.90 Å². The SMILES string of the molecule is CCCC1(CCC)CCCCN1CC. The number of hydrogen-bond donors (Lipinski definition) is 0. The van der Waals surface area contributed by atoms with Gasteiger partial charge in [0.2, 0.25) is 0 Å². The second-order valence-corrected chi connectivity index (χ2v) is 4.76. The number of nitrogens with zero attached hydrogens (tertiary/aromatic N) is 1. The van der Waals surface area contributed by atoms with Crippen LogP contribution in [0.15, 0.2) is 0 Å². The highest BCUT2D eigenvalue weighted by Gasteiger charge is 2.35. The summed E-state index contributed by atoms with van der Waals surface area (Å²) in [4.78, 5) is 2.75. The number of likely N-dealkylation sites (tertiary alicyclic amines) is 1. The van der Waals surface area contributed by atoms with Gasteiger partial charge in [0.05, 0.1) is 0 Å². The Morgan fingerprint density at radius 1 is 1.00 bits per heavy atom. The lowest BCUT2D eigenvalue weighted by atomic mass is 9.79. The molecule has 0 N–H and O–H groups in total. The van der Waals surface area contributed by atoms with Gasteiger partial charge >= 0.3 is 0 Å². The molecule has 1 nitrogen and oxygen atoms in total. The summed E-state index contributed by atoms with van der Waals surface area (Å²) in [5, 5.41) is 0. The van der Waals surface area contributed by atoms with E-state index >= 15 is 0 Å². The Bertz CT molecular complexity index is 142. The van der Waals surface area contributed by atoms with Crippen LogP contribution in [-0.2, 0) is 0 Å². The van der Waals surface area contributed by atoms with Gasteiger partial charge in [-0.05, 0) is 38.8 Å². The molecule has 1 heteroatoms. The van der Waals surface area contributed by atoms with Crippen molar-refractivity contribution < 1.29 is 0 Å². The fraction of sp³-hybridized carbons (Fsp3) is 1.00. The van der Waals surface area contributed by atoms with Gasteiger partial charge in [-0.2, -0.15) is 0 Å². The van der Waals surface area contributed by atoms with Crippen LogP contribution in [0, 0.1) is 0 Å². The Hall–Kier alpha value is -0.0400. The number of piperidine rings is 1. The Morgan fingerprint density at radius 3 is 2.14 bits per heavy atom. The predicted octanol–water partition coefficient (Wildman–Crippen LogP) is 3.83. The summed E-state index contributed by atoms with van der Waals surface area (Å²) in [6.07, 6.45) is 9.83. The average molecular weight is 197 g/mol. The minimum atomic E-state index is 0.580. The molecule has 0 unspecified atom stereocenters. The van der Waals surface area contributed by atoms with Gasteiger partial charge in [-0.1, -0.05) is 40.0 Å². The first-order valence-electron chi connectivity index (χ1n) is 6.54. The minimum absolute atomic E-state index is 0.580. The van der Waals surface area contributed by atoms with Crippen molar-refractivity contribution in [3.63, 3.8) is 0 Å². The maximum atomic E-state index is 2.75. The van der Waals surface area contributed by atoms with Crippen molar-refractivity contribution in [3.05, 3.63) is 0 Å². The van der Waals surface area contributed by atoms with E-state index in [1.54, 1.807) is 0 Å². The smallest absolute Gasteiger partial charge is 0.0209 e. The summed E-state index contributed by atoms with van der Waals surface area (Å²) in [5.74, 6) is 0. The normalized spacial score (nSPS) is 22.5. The topological polar surface area (TPSA) is 3.24 Å². The molecule has 1 rings (SSSR count). The van der Waals surface area contributed by atoms with Gasteiger partial charge in [0.1, 0.15) is 0 Å². The Morgan fingerprint density at radius 2 is 1.64 bits per heavy atom. The molecule has 1 saturated heterocycles. The highest BCUT2D eigenvalue weighted by molar-refractivity contribution is 4.92. The largest absolute Gasteiger partial charge is 0.298 e. The van der Waals surface area contributed by atoms with Crippen molar-refractivity contribution in [1.82, 2.24) is 4.90 Å². The first kappa shape index (κ1) is 12.0. The number of rotatable bonds is 5. The van der Waals surface area contributed by atoms with Crippen LogP contribution in [0.3, 0.4) is 0 Å². The van der Waals surface area contributed by atoms with E-state index in [1.165, 1.54) is 58.0 Å². The zero-order valence-corrected chi connectivity index (χ0v) is 10.3. The van der Waals surface area contributed by atoms with Crippen LogP contribution >= 0.6 is 0 Å². The summed E-state index contributed by atoms with van der Waals surface area (Å²) < 4.78 is 0. The van der Waals surface area contributed by atoms with Crippen LogP contribution < -0.4 is 0 Å². The summed E-state index contributed by atoms with van der Waals surface area (Å²) in [7, 11) is 0. The van der Waals surface area contributed by atoms with E-state index in [0.29, 0.717) is 5.54 Å². The van der Waals surface area contributed by atoms with E-state index < -0.39 is 0 Å². The molecule has 0 aromatic heterocycles. The van der Waals surface area contributed by atoms with Gasteiger partial charge in [-0.15, -0.1) is 0 Å². The van der Waals surface area contributed by atoms with Crippen LogP contribution in [0.1, 0.15) is 65.7 Å². The molecule has 14 heavy (non-hydrogen) atoms. The van der Waals surface area contributed by atoms with Crippen molar-refractivity contribution in [2.24, 2.45) is 0 Å². The first-order chi connectivity index (χ1) is 6.79. The average Bonchev–Trinajstić information content (AvgIpc) is 2.19. The second-order valence-electron chi connectivity index (χ2n) is 4.76. The van der Waals surface area contributed by atoms with E-state index in [9.17, 15) is 0 Å². The molecule has 0 bridgehead atoms. The van der Waals surface area contributed by atoms with Gasteiger partial charge < -0.3 is 0 Å². The standard InChI is InChI=1S/C13H27N/c1-4-9-13(10-5-2)11-7-8-12-14(13)6-3/h4-12H2,1-3H3. The molecule has 0 spiro atoms. The molecule has 1 heterocycles. The van der Waals surface area contributed by atoms with E-state index in [1.807, 2.05) is 0 Å². The van der Waals surface area contributed by atoms with Crippen molar-refractivity contribution in [2.75, 3.05) is 13.1 Å². The molecule has 0 amide bonds. The molecule has 1 fully saturated rings. The van der Waals surface area contributed by atoms with Crippen LogP contribution in [0.4, 0.5) is 0 Å². The molecule has 84 valence electrons. The molecule has 1 aliphatic rings. The monoisotopic (exact) mass is 197 g/mol. The molecule has 0 saturated carbocycles. The maximum absolute atomic E-state index is 2.75. The molecular weight excluding hydrogens is 170 g/mol.